The topological polar surface area (TPSA) is 13.1 Å². The number of anilines is 2. The molecular weight excluding hydrogens is 834 g/mol. The van der Waals surface area contributed by atoms with Gasteiger partial charge in [0.1, 0.15) is 0 Å². The molecule has 9 aromatic carbocycles. The molecule has 0 radical (unpaired) electrons. The van der Waals surface area contributed by atoms with Gasteiger partial charge in [-0.05, 0) is 142 Å². The zero-order valence-electron chi connectivity index (χ0n) is 40.0. The van der Waals surface area contributed by atoms with Crippen LogP contribution in [0.5, 0.6) is 0 Å². The fraction of sp³-hybridized carbons (Fsp3) is 0.169. The lowest BCUT2D eigenvalue weighted by atomic mass is 9.43. The Bertz CT molecular complexity index is 3910. The van der Waals surface area contributed by atoms with Gasteiger partial charge in [-0.25, -0.2) is 0 Å². The molecule has 0 fully saturated rings. The molecule has 0 unspecified atom stereocenters. The first-order valence-corrected chi connectivity index (χ1v) is 25.4. The normalized spacial score (nSPS) is 13.9. The fourth-order valence-corrected chi connectivity index (χ4v) is 13.2. The minimum absolute atomic E-state index is 0.113. The smallest absolute Gasteiger partial charge is 0.333 e. The minimum atomic E-state index is -0.270. The van der Waals surface area contributed by atoms with Crippen molar-refractivity contribution >= 4 is 72.8 Å². The molecule has 0 saturated carbocycles. The molecule has 14 rings (SSSR count). The van der Waals surface area contributed by atoms with E-state index in [1.54, 1.807) is 0 Å². The number of benzene rings is 9. The lowest BCUT2D eigenvalue weighted by Crippen LogP contribution is -2.61. The van der Waals surface area contributed by atoms with Crippen LogP contribution >= 0.6 is 0 Å². The number of aryl methyl sites for hydroxylation is 2. The summed E-state index contributed by atoms with van der Waals surface area (Å²) in [5.74, 6) is 0. The number of rotatable bonds is 9. The van der Waals surface area contributed by atoms with Crippen LogP contribution in [0.4, 0.5) is 11.4 Å². The lowest BCUT2D eigenvalue weighted by molar-refractivity contribution is 0.662. The third kappa shape index (κ3) is 5.63. The third-order valence-electron chi connectivity index (χ3n) is 16.2. The van der Waals surface area contributed by atoms with Gasteiger partial charge in [-0.15, -0.1) is 0 Å². The van der Waals surface area contributed by atoms with E-state index >= 15 is 0 Å². The maximum Gasteiger partial charge on any atom is 0.333 e. The second kappa shape index (κ2) is 15.2. The van der Waals surface area contributed by atoms with Crippen molar-refractivity contribution in [3.63, 3.8) is 0 Å². The molecule has 3 aliphatic rings. The summed E-state index contributed by atoms with van der Waals surface area (Å²) in [6.45, 7) is 9.49. The lowest BCUT2D eigenvalue weighted by Gasteiger charge is -2.45. The van der Waals surface area contributed by atoms with Crippen molar-refractivity contribution in [3.8, 4) is 44.8 Å². The van der Waals surface area contributed by atoms with Crippen LogP contribution < -0.4 is 15.7 Å². The Labute approximate surface area is 405 Å². The van der Waals surface area contributed by atoms with E-state index in [0.29, 0.717) is 0 Å². The zero-order chi connectivity index (χ0) is 46.1. The highest BCUT2D eigenvalue weighted by Gasteiger charge is 2.50. The highest BCUT2D eigenvalue weighted by atomic mass is 15.1. The molecule has 4 heterocycles. The Morgan fingerprint density at radius 3 is 1.96 bits per heavy atom. The number of hydrogen-bond acceptors (Lipinski definition) is 1. The molecule has 0 saturated heterocycles. The van der Waals surface area contributed by atoms with Crippen LogP contribution in [0, 0.1) is 0 Å². The van der Waals surface area contributed by atoms with Gasteiger partial charge in [-0.3, -0.25) is 0 Å². The first-order valence-electron chi connectivity index (χ1n) is 25.4. The van der Waals surface area contributed by atoms with Crippen LogP contribution in [-0.2, 0) is 18.3 Å². The van der Waals surface area contributed by atoms with Crippen molar-refractivity contribution in [2.75, 3.05) is 4.81 Å². The van der Waals surface area contributed by atoms with Gasteiger partial charge in [0.15, 0.2) is 0 Å². The Hall–Kier alpha value is -7.56. The molecule has 0 bridgehead atoms. The summed E-state index contributed by atoms with van der Waals surface area (Å²) in [6.07, 6.45) is 6.84. The van der Waals surface area contributed by atoms with E-state index in [0.717, 1.165) is 25.7 Å². The summed E-state index contributed by atoms with van der Waals surface area (Å²) in [5, 5.41) is 5.33. The molecule has 3 nitrogen and oxygen atoms in total. The van der Waals surface area contributed by atoms with Crippen molar-refractivity contribution in [1.82, 2.24) is 9.13 Å². The van der Waals surface area contributed by atoms with Crippen molar-refractivity contribution in [2.45, 2.75) is 71.6 Å². The second-order valence-corrected chi connectivity index (χ2v) is 20.5. The van der Waals surface area contributed by atoms with Crippen LogP contribution in [-0.4, -0.2) is 16.0 Å². The molecule has 0 N–H and O–H groups in total. The van der Waals surface area contributed by atoms with Crippen molar-refractivity contribution in [3.05, 3.63) is 204 Å². The van der Waals surface area contributed by atoms with Crippen molar-refractivity contribution in [1.29, 1.82) is 0 Å². The summed E-state index contributed by atoms with van der Waals surface area (Å²) in [5.41, 5.74) is 26.1. The molecule has 332 valence electrons. The van der Waals surface area contributed by atoms with Gasteiger partial charge in [0.05, 0.1) is 22.1 Å². The predicted octanol–water partition coefficient (Wildman–Crippen LogP) is 15.8. The fourth-order valence-electron chi connectivity index (χ4n) is 13.2. The number of para-hydroxylation sites is 3. The Morgan fingerprint density at radius 1 is 0.478 bits per heavy atom. The van der Waals surface area contributed by atoms with E-state index in [4.69, 9.17) is 0 Å². The summed E-state index contributed by atoms with van der Waals surface area (Å²) in [7, 11) is 0. The zero-order valence-corrected chi connectivity index (χ0v) is 40.0. The maximum absolute atomic E-state index is 2.78. The van der Waals surface area contributed by atoms with Crippen molar-refractivity contribution < 1.29 is 0 Å². The van der Waals surface area contributed by atoms with Crippen LogP contribution in [0.1, 0.15) is 75.6 Å². The minimum Gasteiger partial charge on any atom is -0.376 e. The largest absolute Gasteiger partial charge is 0.376 e. The van der Waals surface area contributed by atoms with E-state index in [-0.39, 0.29) is 12.3 Å². The first kappa shape index (κ1) is 40.5. The number of nitrogens with zero attached hydrogens (tertiary/aromatic N) is 3. The van der Waals surface area contributed by atoms with Gasteiger partial charge >= 0.3 is 6.85 Å². The monoisotopic (exact) mass is 887 g/mol. The molecule has 1 aliphatic carbocycles. The third-order valence-corrected chi connectivity index (χ3v) is 16.2. The van der Waals surface area contributed by atoms with Gasteiger partial charge in [0, 0.05) is 60.8 Å². The highest BCUT2D eigenvalue weighted by molar-refractivity contribution is 6.94. The average Bonchev–Trinajstić information content (AvgIpc) is 3.99. The molecule has 69 heavy (non-hydrogen) atoms. The van der Waals surface area contributed by atoms with Crippen molar-refractivity contribution in [2.24, 2.45) is 0 Å². The van der Waals surface area contributed by atoms with Gasteiger partial charge < -0.3 is 13.9 Å². The van der Waals surface area contributed by atoms with E-state index < -0.39 is 0 Å². The molecule has 2 aromatic heterocycles. The number of unbranched alkanes of at least 4 members (excludes halogenated alkanes) is 2. The van der Waals surface area contributed by atoms with E-state index in [1.165, 1.54) is 146 Å². The second-order valence-electron chi connectivity index (χ2n) is 20.5. The summed E-state index contributed by atoms with van der Waals surface area (Å²) < 4.78 is 5.21. The SMILES string of the molecule is CCCCc1ccc2c(c1)c1cc(CCCC)cc3c1n2-c1cc2c(c4c1B3N(c1ccccc1-c1ccccc1)c1ccc3c(c1-4)c1ccccc1n3-c1ccccc1)C(C)(C)c1ccccc1-2. The molecule has 11 aromatic rings. The highest BCUT2D eigenvalue weighted by Crippen LogP contribution is 2.58. The van der Waals surface area contributed by atoms with Crippen LogP contribution in [0.3, 0.4) is 0 Å². The van der Waals surface area contributed by atoms with Crippen LogP contribution in [0.15, 0.2) is 182 Å². The molecule has 0 spiro atoms. The molecule has 4 heteroatoms. The predicted molar refractivity (Wildman–Crippen MR) is 294 cm³/mol. The number of fused-ring (bicyclic) bond motifs is 15. The van der Waals surface area contributed by atoms with Gasteiger partial charge in [0.2, 0.25) is 0 Å². The summed E-state index contributed by atoms with van der Waals surface area (Å²) >= 11 is 0. The quantitative estimate of drug-likeness (QED) is 0.132. The Morgan fingerprint density at radius 2 is 1.14 bits per heavy atom. The van der Waals surface area contributed by atoms with E-state index in [9.17, 15) is 0 Å². The van der Waals surface area contributed by atoms with Crippen LogP contribution in [0.2, 0.25) is 0 Å². The van der Waals surface area contributed by atoms with E-state index in [1.807, 2.05) is 0 Å². The summed E-state index contributed by atoms with van der Waals surface area (Å²) in [4.78, 5) is 2.78. The molecule has 0 atom stereocenters. The Kier molecular flexibility index (Phi) is 8.94. The summed E-state index contributed by atoms with van der Waals surface area (Å²) in [6, 6.07) is 69.8. The van der Waals surface area contributed by atoms with Gasteiger partial charge in [0.25, 0.3) is 0 Å². The first-order chi connectivity index (χ1) is 34.0. The average molecular weight is 888 g/mol. The number of aromatic nitrogens is 2. The molecule has 2 aliphatic heterocycles. The molecular formula is C65H54BN3. The molecule has 0 amide bonds. The van der Waals surface area contributed by atoms with E-state index in [2.05, 4.69) is 224 Å². The number of hydrogen-bond donors (Lipinski definition) is 0. The van der Waals surface area contributed by atoms with Gasteiger partial charge in [-0.2, -0.15) is 0 Å². The Balaban J connectivity index is 1.22. The van der Waals surface area contributed by atoms with Crippen LogP contribution in [0.25, 0.3) is 88.4 Å². The standard InChI is InChI=1S/C65H54BN3/c1-5-7-21-41-33-34-54-48(37-41)50-38-42(22-8-6-2)39-52-64(50)68(54)58-40-49-46-28-15-18-30-51(46)65(3,4)62(49)61-60-57(69(66(52)63(58)61)55-32-20-16-27-45(55)43-23-11-9-12-24-43)36-35-56-59(60)47-29-17-19-31-53(47)67(56)44-25-13-10-14-26-44/h9-20,23-40H,5-8,21-22H2,1-4H3. The van der Waals surface area contributed by atoms with Gasteiger partial charge in [-0.1, -0.05) is 162 Å². The maximum atomic E-state index is 2.78.